The Morgan fingerprint density at radius 3 is 2.42 bits per heavy atom. The Labute approximate surface area is 151 Å². The van der Waals surface area contributed by atoms with Gasteiger partial charge in [0.05, 0.1) is 7.11 Å². The van der Waals surface area contributed by atoms with Crippen LogP contribution in [0.2, 0.25) is 0 Å². The van der Waals surface area contributed by atoms with Crippen molar-refractivity contribution in [1.29, 1.82) is 0 Å². The lowest BCUT2D eigenvalue weighted by Gasteiger charge is -2.30. The van der Waals surface area contributed by atoms with Gasteiger partial charge in [-0.05, 0) is 42.9 Å². The number of hydrogen-bond acceptors (Lipinski definition) is 4. The van der Waals surface area contributed by atoms with Crippen molar-refractivity contribution in [3.63, 3.8) is 0 Å². The molecule has 0 bridgehead atoms. The fraction of sp³-hybridized carbons (Fsp3) is 0.526. The van der Waals surface area contributed by atoms with Crippen LogP contribution in [0.25, 0.3) is 0 Å². The van der Waals surface area contributed by atoms with Gasteiger partial charge in [-0.1, -0.05) is 18.7 Å². The Morgan fingerprint density at radius 2 is 1.85 bits per heavy atom. The van der Waals surface area contributed by atoms with Crippen LogP contribution in [0.15, 0.2) is 41.5 Å². The maximum Gasteiger partial charge on any atom is 0.573 e. The quantitative estimate of drug-likeness (QED) is 0.624. The normalized spacial score (nSPS) is 24.2. The maximum absolute atomic E-state index is 12.3. The van der Waals surface area contributed by atoms with Crippen LogP contribution in [-0.2, 0) is 4.74 Å². The molecule has 0 radical (unpaired) electrons. The van der Waals surface area contributed by atoms with E-state index in [1.54, 1.807) is 19.2 Å². The highest BCUT2D eigenvalue weighted by Gasteiger charge is 2.32. The summed E-state index contributed by atoms with van der Waals surface area (Å²) < 4.78 is 46.3. The number of alkyl halides is 3. The van der Waals surface area contributed by atoms with Crippen molar-refractivity contribution in [3.8, 4) is 5.75 Å². The summed E-state index contributed by atoms with van der Waals surface area (Å²) in [5.41, 5.74) is 1.84. The van der Waals surface area contributed by atoms with Gasteiger partial charge in [-0.15, -0.1) is 13.2 Å². The van der Waals surface area contributed by atoms with Crippen molar-refractivity contribution in [1.82, 2.24) is 5.32 Å². The molecular weight excluding hydrogens is 345 g/mol. The van der Waals surface area contributed by atoms with Crippen LogP contribution >= 0.6 is 0 Å². The summed E-state index contributed by atoms with van der Waals surface area (Å²) in [6.07, 6.45) is -1.59. The number of nitrogens with zero attached hydrogens (tertiary/aromatic N) is 1. The topological polar surface area (TPSA) is 42.8 Å². The van der Waals surface area contributed by atoms with Gasteiger partial charge in [-0.2, -0.15) is 0 Å². The molecule has 3 rings (SSSR count). The Morgan fingerprint density at radius 1 is 1.15 bits per heavy atom. The molecule has 4 nitrogen and oxygen atoms in total. The number of rotatable bonds is 5. The molecule has 1 aliphatic carbocycles. The zero-order valence-electron chi connectivity index (χ0n) is 14.7. The first-order valence-electron chi connectivity index (χ1n) is 8.73. The van der Waals surface area contributed by atoms with Crippen LogP contribution in [0.5, 0.6) is 5.75 Å². The highest BCUT2D eigenvalue weighted by Crippen LogP contribution is 2.37. The van der Waals surface area contributed by atoms with Crippen molar-refractivity contribution >= 4 is 5.90 Å². The standard InChI is InChI=1S/C19H23F3N2O2/c1-12(13-3-4-13)24-18(25-2)16-9-15(10-23-11-16)14-5-7-17(8-6-14)26-19(20,21)22/h5-8,13,15-16,23H,1,3-4,9-11H2,2H3. The number of ether oxygens (including phenoxy) is 2. The molecule has 7 heteroatoms. The van der Waals surface area contributed by atoms with Crippen LogP contribution in [0.3, 0.4) is 0 Å². The van der Waals surface area contributed by atoms with Gasteiger partial charge in [0.1, 0.15) is 5.75 Å². The van der Waals surface area contributed by atoms with Crippen molar-refractivity contribution in [3.05, 3.63) is 42.1 Å². The molecule has 1 aliphatic heterocycles. The lowest BCUT2D eigenvalue weighted by molar-refractivity contribution is -0.274. The van der Waals surface area contributed by atoms with E-state index in [-0.39, 0.29) is 17.6 Å². The molecule has 2 fully saturated rings. The van der Waals surface area contributed by atoms with E-state index in [1.807, 2.05) is 0 Å². The first-order chi connectivity index (χ1) is 12.4. The average Bonchev–Trinajstić information content (AvgIpc) is 3.44. The minimum Gasteiger partial charge on any atom is -0.484 e. The average molecular weight is 368 g/mol. The largest absolute Gasteiger partial charge is 0.573 e. The third-order valence-electron chi connectivity index (χ3n) is 4.80. The van der Waals surface area contributed by atoms with Crippen molar-refractivity contribution in [2.75, 3.05) is 20.2 Å². The monoisotopic (exact) mass is 368 g/mol. The molecule has 0 aromatic heterocycles. The number of hydrogen-bond donors (Lipinski definition) is 1. The summed E-state index contributed by atoms with van der Waals surface area (Å²) in [4.78, 5) is 4.58. The summed E-state index contributed by atoms with van der Waals surface area (Å²) in [7, 11) is 1.62. The zero-order chi connectivity index (χ0) is 18.7. The molecule has 0 amide bonds. The molecule has 2 unspecified atom stereocenters. The summed E-state index contributed by atoms with van der Waals surface area (Å²) in [5, 5.41) is 3.37. The minimum absolute atomic E-state index is 0.111. The fourth-order valence-corrected chi connectivity index (χ4v) is 3.28. The van der Waals surface area contributed by atoms with E-state index in [9.17, 15) is 13.2 Å². The molecular formula is C19H23F3N2O2. The molecule has 0 spiro atoms. The van der Waals surface area contributed by atoms with Crippen LogP contribution in [0, 0.1) is 11.8 Å². The molecule has 1 aromatic rings. The molecule has 1 N–H and O–H groups in total. The van der Waals surface area contributed by atoms with Gasteiger partial charge in [0.15, 0.2) is 5.90 Å². The van der Waals surface area contributed by atoms with Crippen molar-refractivity contribution in [2.24, 2.45) is 16.8 Å². The van der Waals surface area contributed by atoms with E-state index in [1.165, 1.54) is 12.1 Å². The van der Waals surface area contributed by atoms with E-state index in [0.29, 0.717) is 11.8 Å². The van der Waals surface area contributed by atoms with Gasteiger partial charge in [0.2, 0.25) is 0 Å². The van der Waals surface area contributed by atoms with Crippen molar-refractivity contribution < 1.29 is 22.6 Å². The molecule has 1 aromatic carbocycles. The lowest BCUT2D eigenvalue weighted by Crippen LogP contribution is -2.39. The number of piperidine rings is 1. The summed E-state index contributed by atoms with van der Waals surface area (Å²) in [5.74, 6) is 1.23. The number of benzene rings is 1. The predicted molar refractivity (Wildman–Crippen MR) is 93.2 cm³/mol. The van der Waals surface area contributed by atoms with Gasteiger partial charge in [-0.3, -0.25) is 0 Å². The summed E-state index contributed by atoms with van der Waals surface area (Å²) in [6.45, 7) is 5.54. The SMILES string of the molecule is C=C(N=C(OC)C1CNCC(c2ccc(OC(F)(F)F)cc2)C1)C1CC1. The number of allylic oxidation sites excluding steroid dienone is 1. The molecule has 2 atom stereocenters. The third kappa shape index (κ3) is 5.00. The molecule has 2 aliphatic rings. The highest BCUT2D eigenvalue weighted by molar-refractivity contribution is 5.80. The number of halogens is 3. The second-order valence-corrected chi connectivity index (χ2v) is 6.82. The Kier molecular flexibility index (Phi) is 5.55. The number of aliphatic imine (C=N–C) groups is 1. The Balaban J connectivity index is 1.66. The first kappa shape index (κ1) is 18.8. The van der Waals surface area contributed by atoms with Crippen LogP contribution in [0.1, 0.15) is 30.7 Å². The van der Waals surface area contributed by atoms with Gasteiger partial charge in [-0.25, -0.2) is 4.99 Å². The molecule has 1 saturated heterocycles. The van der Waals surface area contributed by atoms with E-state index < -0.39 is 6.36 Å². The second-order valence-electron chi connectivity index (χ2n) is 6.82. The smallest absolute Gasteiger partial charge is 0.484 e. The van der Waals surface area contributed by atoms with Gasteiger partial charge >= 0.3 is 6.36 Å². The molecule has 1 heterocycles. The number of methoxy groups -OCH3 is 1. The van der Waals surface area contributed by atoms with Gasteiger partial charge in [0.25, 0.3) is 0 Å². The number of nitrogens with one attached hydrogen (secondary N) is 1. The van der Waals surface area contributed by atoms with E-state index in [2.05, 4.69) is 21.6 Å². The first-order valence-corrected chi connectivity index (χ1v) is 8.73. The highest BCUT2D eigenvalue weighted by atomic mass is 19.4. The van der Waals surface area contributed by atoms with E-state index in [4.69, 9.17) is 4.74 Å². The summed E-state index contributed by atoms with van der Waals surface area (Å²) in [6, 6.07) is 6.07. The van der Waals surface area contributed by atoms with E-state index in [0.717, 1.165) is 43.6 Å². The lowest BCUT2D eigenvalue weighted by atomic mass is 9.85. The molecule has 142 valence electrons. The predicted octanol–water partition coefficient (Wildman–Crippen LogP) is 4.25. The van der Waals surface area contributed by atoms with E-state index >= 15 is 0 Å². The second kappa shape index (κ2) is 7.70. The Hall–Kier alpha value is -2.02. The van der Waals surface area contributed by atoms with Gasteiger partial charge < -0.3 is 14.8 Å². The minimum atomic E-state index is -4.67. The Bertz CT molecular complexity index is 666. The third-order valence-corrected chi connectivity index (χ3v) is 4.80. The fourth-order valence-electron chi connectivity index (χ4n) is 3.28. The maximum atomic E-state index is 12.3. The summed E-state index contributed by atoms with van der Waals surface area (Å²) >= 11 is 0. The zero-order valence-corrected chi connectivity index (χ0v) is 14.7. The molecule has 26 heavy (non-hydrogen) atoms. The van der Waals surface area contributed by atoms with Gasteiger partial charge in [0, 0.05) is 30.6 Å². The molecule has 1 saturated carbocycles. The van der Waals surface area contributed by atoms with Crippen LogP contribution in [-0.4, -0.2) is 32.5 Å². The van der Waals surface area contributed by atoms with Crippen molar-refractivity contribution in [2.45, 2.75) is 31.5 Å². The van der Waals surface area contributed by atoms with Crippen LogP contribution in [0.4, 0.5) is 13.2 Å². The van der Waals surface area contributed by atoms with Crippen LogP contribution < -0.4 is 10.1 Å².